The Bertz CT molecular complexity index is 370. The molecule has 2 atom stereocenters. The Kier molecular flexibility index (Phi) is 6.08. The van der Waals surface area contributed by atoms with Gasteiger partial charge in [0.05, 0.1) is 13.2 Å². The molecule has 102 valence electrons. The second kappa shape index (κ2) is 7.09. The van der Waals surface area contributed by atoms with Crippen molar-refractivity contribution in [2.75, 3.05) is 19.7 Å². The fourth-order valence-corrected chi connectivity index (χ4v) is 2.64. The number of morpholine rings is 1. The maximum Gasteiger partial charge on any atom is 0.224 e. The van der Waals surface area contributed by atoms with Gasteiger partial charge in [0.15, 0.2) is 0 Å². The SMILES string of the molecule is CC(N)CC(=O)N1CCOC(c2ccsc2)C1.Cl. The molecule has 1 aliphatic heterocycles. The highest BCUT2D eigenvalue weighted by Gasteiger charge is 2.25. The van der Waals surface area contributed by atoms with Crippen LogP contribution in [0.4, 0.5) is 0 Å². The number of carbonyl (C=O) groups excluding carboxylic acids is 1. The largest absolute Gasteiger partial charge is 0.370 e. The van der Waals surface area contributed by atoms with E-state index < -0.39 is 0 Å². The number of carbonyl (C=O) groups is 1. The van der Waals surface area contributed by atoms with Crippen LogP contribution in [0.25, 0.3) is 0 Å². The smallest absolute Gasteiger partial charge is 0.224 e. The molecule has 0 saturated carbocycles. The fraction of sp³-hybridized carbons (Fsp3) is 0.583. The number of hydrogen-bond acceptors (Lipinski definition) is 4. The molecule has 0 radical (unpaired) electrons. The molecule has 1 aromatic rings. The van der Waals surface area contributed by atoms with Gasteiger partial charge in [-0.15, -0.1) is 12.4 Å². The van der Waals surface area contributed by atoms with Crippen LogP contribution in [0.5, 0.6) is 0 Å². The van der Waals surface area contributed by atoms with Crippen LogP contribution < -0.4 is 5.73 Å². The number of amides is 1. The Morgan fingerprint density at radius 3 is 3.11 bits per heavy atom. The van der Waals surface area contributed by atoms with Crippen molar-refractivity contribution in [2.45, 2.75) is 25.5 Å². The Hall–Kier alpha value is -0.620. The number of ether oxygens (including phenoxy) is 1. The molecule has 1 saturated heterocycles. The predicted octanol–water partition coefficient (Wildman–Crippen LogP) is 1.81. The van der Waals surface area contributed by atoms with Crippen molar-refractivity contribution in [1.29, 1.82) is 0 Å². The molecule has 0 aliphatic carbocycles. The van der Waals surface area contributed by atoms with Crippen molar-refractivity contribution in [2.24, 2.45) is 5.73 Å². The van der Waals surface area contributed by atoms with E-state index in [-0.39, 0.29) is 30.5 Å². The summed E-state index contributed by atoms with van der Waals surface area (Å²) in [5, 5.41) is 4.10. The first-order valence-electron chi connectivity index (χ1n) is 5.84. The van der Waals surface area contributed by atoms with Crippen LogP contribution in [-0.2, 0) is 9.53 Å². The molecule has 2 rings (SSSR count). The zero-order valence-electron chi connectivity index (χ0n) is 10.4. The highest BCUT2D eigenvalue weighted by atomic mass is 35.5. The van der Waals surface area contributed by atoms with Gasteiger partial charge in [0.1, 0.15) is 6.10 Å². The third-order valence-electron chi connectivity index (χ3n) is 2.83. The van der Waals surface area contributed by atoms with Crippen molar-refractivity contribution in [3.8, 4) is 0 Å². The highest BCUT2D eigenvalue weighted by Crippen LogP contribution is 2.24. The lowest BCUT2D eigenvalue weighted by Crippen LogP contribution is -2.43. The summed E-state index contributed by atoms with van der Waals surface area (Å²) in [5.74, 6) is 0.128. The van der Waals surface area contributed by atoms with Gasteiger partial charge in [-0.1, -0.05) is 0 Å². The summed E-state index contributed by atoms with van der Waals surface area (Å²) < 4.78 is 5.69. The molecule has 1 aromatic heterocycles. The molecule has 1 amide bonds. The van der Waals surface area contributed by atoms with Crippen molar-refractivity contribution in [3.05, 3.63) is 22.4 Å². The maximum absolute atomic E-state index is 11.9. The summed E-state index contributed by atoms with van der Waals surface area (Å²) in [6.07, 6.45) is 0.433. The van der Waals surface area contributed by atoms with Gasteiger partial charge in [-0.25, -0.2) is 0 Å². The molecule has 4 nitrogen and oxygen atoms in total. The minimum absolute atomic E-state index is 0. The zero-order valence-corrected chi connectivity index (χ0v) is 12.0. The Balaban J connectivity index is 0.00000162. The molecule has 1 aliphatic rings. The van der Waals surface area contributed by atoms with Crippen LogP contribution in [0.3, 0.4) is 0 Å². The number of nitrogens with zero attached hydrogens (tertiary/aromatic N) is 1. The normalized spacial score (nSPS) is 21.2. The average Bonchev–Trinajstić information content (AvgIpc) is 2.82. The van der Waals surface area contributed by atoms with Crippen LogP contribution in [0.1, 0.15) is 25.0 Å². The van der Waals surface area contributed by atoms with Crippen molar-refractivity contribution in [1.82, 2.24) is 4.90 Å². The lowest BCUT2D eigenvalue weighted by atomic mass is 10.1. The lowest BCUT2D eigenvalue weighted by Gasteiger charge is -2.33. The van der Waals surface area contributed by atoms with E-state index in [4.69, 9.17) is 10.5 Å². The molecule has 2 heterocycles. The first kappa shape index (κ1) is 15.4. The lowest BCUT2D eigenvalue weighted by molar-refractivity contribution is -0.139. The van der Waals surface area contributed by atoms with E-state index in [9.17, 15) is 4.79 Å². The van der Waals surface area contributed by atoms with E-state index in [1.54, 1.807) is 11.3 Å². The van der Waals surface area contributed by atoms with Gasteiger partial charge in [0.25, 0.3) is 0 Å². The van der Waals surface area contributed by atoms with E-state index in [0.717, 1.165) is 5.56 Å². The van der Waals surface area contributed by atoms with Crippen molar-refractivity contribution >= 4 is 29.7 Å². The summed E-state index contributed by atoms with van der Waals surface area (Å²) in [7, 11) is 0. The van der Waals surface area contributed by atoms with Gasteiger partial charge >= 0.3 is 0 Å². The van der Waals surface area contributed by atoms with E-state index >= 15 is 0 Å². The van der Waals surface area contributed by atoms with Gasteiger partial charge in [0.2, 0.25) is 5.91 Å². The van der Waals surface area contributed by atoms with Gasteiger partial charge in [-0.3, -0.25) is 4.79 Å². The summed E-state index contributed by atoms with van der Waals surface area (Å²) >= 11 is 1.65. The fourth-order valence-electron chi connectivity index (χ4n) is 1.94. The molecule has 0 aromatic carbocycles. The minimum atomic E-state index is -0.0788. The number of thiophene rings is 1. The Labute approximate surface area is 118 Å². The quantitative estimate of drug-likeness (QED) is 0.924. The minimum Gasteiger partial charge on any atom is -0.370 e. The number of halogens is 1. The molecule has 1 fully saturated rings. The molecular formula is C12H19ClN2O2S. The summed E-state index contributed by atoms with van der Waals surface area (Å²) in [4.78, 5) is 13.8. The van der Waals surface area contributed by atoms with Crippen LogP contribution in [0, 0.1) is 0 Å². The summed E-state index contributed by atoms with van der Waals surface area (Å²) in [6, 6.07) is 1.97. The van der Waals surface area contributed by atoms with Crippen molar-refractivity contribution in [3.63, 3.8) is 0 Å². The van der Waals surface area contributed by atoms with E-state index in [1.807, 2.05) is 17.2 Å². The third kappa shape index (κ3) is 3.95. The molecule has 2 N–H and O–H groups in total. The van der Waals surface area contributed by atoms with Gasteiger partial charge in [-0.2, -0.15) is 11.3 Å². The second-order valence-electron chi connectivity index (χ2n) is 4.44. The van der Waals surface area contributed by atoms with Crippen LogP contribution in [0.2, 0.25) is 0 Å². The molecule has 0 bridgehead atoms. The van der Waals surface area contributed by atoms with E-state index in [0.29, 0.717) is 26.1 Å². The van der Waals surface area contributed by atoms with Gasteiger partial charge in [0, 0.05) is 19.0 Å². The van der Waals surface area contributed by atoms with Crippen LogP contribution in [-0.4, -0.2) is 36.5 Å². The molecule has 6 heteroatoms. The van der Waals surface area contributed by atoms with Gasteiger partial charge < -0.3 is 15.4 Å². The topological polar surface area (TPSA) is 55.6 Å². The molecular weight excluding hydrogens is 272 g/mol. The van der Waals surface area contributed by atoms with Gasteiger partial charge in [-0.05, 0) is 29.3 Å². The Morgan fingerprint density at radius 1 is 1.72 bits per heavy atom. The van der Waals surface area contributed by atoms with E-state index in [2.05, 4.69) is 11.4 Å². The molecule has 2 unspecified atom stereocenters. The molecule has 0 spiro atoms. The summed E-state index contributed by atoms with van der Waals surface area (Å²) in [6.45, 7) is 3.77. The third-order valence-corrected chi connectivity index (χ3v) is 3.53. The highest BCUT2D eigenvalue weighted by molar-refractivity contribution is 7.07. The van der Waals surface area contributed by atoms with Crippen molar-refractivity contribution < 1.29 is 9.53 Å². The standard InChI is InChI=1S/C12H18N2O2S.ClH/c1-9(13)6-12(15)14-3-4-16-11(7-14)10-2-5-17-8-10;/h2,5,8-9,11H,3-4,6-7,13H2,1H3;1H. The van der Waals surface area contributed by atoms with E-state index in [1.165, 1.54) is 0 Å². The summed E-state index contributed by atoms with van der Waals surface area (Å²) in [5.41, 5.74) is 6.81. The Morgan fingerprint density at radius 2 is 2.50 bits per heavy atom. The maximum atomic E-state index is 11.9. The number of nitrogens with two attached hydrogens (primary N) is 1. The second-order valence-corrected chi connectivity index (χ2v) is 5.22. The number of rotatable bonds is 3. The first-order valence-corrected chi connectivity index (χ1v) is 6.78. The first-order chi connectivity index (χ1) is 8.16. The van der Waals surface area contributed by atoms with Crippen LogP contribution >= 0.6 is 23.7 Å². The van der Waals surface area contributed by atoms with Crippen LogP contribution in [0.15, 0.2) is 16.8 Å². The number of hydrogen-bond donors (Lipinski definition) is 1. The average molecular weight is 291 g/mol. The molecule has 18 heavy (non-hydrogen) atoms. The zero-order chi connectivity index (χ0) is 12.3. The predicted molar refractivity (Wildman–Crippen MR) is 75.1 cm³/mol. The monoisotopic (exact) mass is 290 g/mol.